The minimum absolute atomic E-state index is 0. The number of rotatable bonds is 3. The van der Waals surface area contributed by atoms with Gasteiger partial charge in [-0.2, -0.15) is 0 Å². The third kappa shape index (κ3) is 5.20. The molecule has 0 aliphatic carbocycles. The quantitative estimate of drug-likeness (QED) is 0.785. The Bertz CT molecular complexity index is 524. The van der Waals surface area contributed by atoms with Crippen molar-refractivity contribution >= 4 is 30.0 Å². The molecule has 1 aromatic rings. The standard InChI is InChI=1S/C15H22N4O2.ClH/c1-11-4-3-5-13(8-11)18-15(21)17-10-14(20)19-7-6-16-9-12(19)2;/h3-5,8,12,16H,6-7,9-10H2,1-2H3,(H2,17,18,21);1H/t12-;/m0./s1. The number of carbonyl (C=O) groups excluding carboxylic acids is 2. The van der Waals surface area contributed by atoms with E-state index in [9.17, 15) is 9.59 Å². The van der Waals surface area contributed by atoms with Crippen LogP contribution in [0.1, 0.15) is 12.5 Å². The zero-order valence-electron chi connectivity index (χ0n) is 12.9. The average Bonchev–Trinajstić information content (AvgIpc) is 2.45. The lowest BCUT2D eigenvalue weighted by molar-refractivity contribution is -0.132. The molecule has 2 rings (SSSR count). The highest BCUT2D eigenvalue weighted by Crippen LogP contribution is 2.09. The van der Waals surface area contributed by atoms with E-state index in [0.717, 1.165) is 24.3 Å². The minimum atomic E-state index is -0.364. The van der Waals surface area contributed by atoms with Crippen LogP contribution in [0.4, 0.5) is 10.5 Å². The second-order valence-corrected chi connectivity index (χ2v) is 5.32. The largest absolute Gasteiger partial charge is 0.336 e. The molecule has 1 fully saturated rings. The average molecular weight is 327 g/mol. The summed E-state index contributed by atoms with van der Waals surface area (Å²) in [6.07, 6.45) is 0. The van der Waals surface area contributed by atoms with Crippen molar-refractivity contribution in [3.63, 3.8) is 0 Å². The number of nitrogens with one attached hydrogen (secondary N) is 3. The number of nitrogens with zero attached hydrogens (tertiary/aromatic N) is 1. The van der Waals surface area contributed by atoms with Gasteiger partial charge in [0, 0.05) is 31.4 Å². The normalized spacial score (nSPS) is 17.4. The predicted octanol–water partition coefficient (Wildman–Crippen LogP) is 1.36. The molecule has 0 spiro atoms. The Morgan fingerprint density at radius 1 is 1.41 bits per heavy atom. The van der Waals surface area contributed by atoms with E-state index >= 15 is 0 Å². The molecule has 22 heavy (non-hydrogen) atoms. The molecule has 0 aromatic heterocycles. The number of carbonyl (C=O) groups is 2. The Kier molecular flexibility index (Phi) is 7.14. The van der Waals surface area contributed by atoms with Crippen molar-refractivity contribution in [2.45, 2.75) is 19.9 Å². The number of hydrogen-bond acceptors (Lipinski definition) is 3. The summed E-state index contributed by atoms with van der Waals surface area (Å²) in [5.41, 5.74) is 1.79. The molecule has 3 N–H and O–H groups in total. The summed E-state index contributed by atoms with van der Waals surface area (Å²) in [6.45, 7) is 6.24. The topological polar surface area (TPSA) is 73.5 Å². The van der Waals surface area contributed by atoms with Gasteiger partial charge in [0.25, 0.3) is 0 Å². The summed E-state index contributed by atoms with van der Waals surface area (Å²) in [4.78, 5) is 25.7. The van der Waals surface area contributed by atoms with Gasteiger partial charge in [0.2, 0.25) is 5.91 Å². The number of halogens is 1. The van der Waals surface area contributed by atoms with E-state index in [4.69, 9.17) is 0 Å². The maximum Gasteiger partial charge on any atom is 0.319 e. The number of hydrogen-bond donors (Lipinski definition) is 3. The highest BCUT2D eigenvalue weighted by atomic mass is 35.5. The van der Waals surface area contributed by atoms with Crippen LogP contribution in [0.25, 0.3) is 0 Å². The van der Waals surface area contributed by atoms with E-state index in [0.29, 0.717) is 6.54 Å². The van der Waals surface area contributed by atoms with E-state index in [2.05, 4.69) is 16.0 Å². The number of aryl methyl sites for hydroxylation is 1. The Balaban J connectivity index is 0.00000242. The SMILES string of the molecule is Cc1cccc(NC(=O)NCC(=O)N2CCNC[C@@H]2C)c1.Cl. The van der Waals surface area contributed by atoms with Gasteiger partial charge >= 0.3 is 6.03 Å². The molecular formula is C15H23ClN4O2. The van der Waals surface area contributed by atoms with Gasteiger partial charge < -0.3 is 20.9 Å². The monoisotopic (exact) mass is 326 g/mol. The third-order valence-corrected chi connectivity index (χ3v) is 3.50. The van der Waals surface area contributed by atoms with Crippen molar-refractivity contribution in [2.24, 2.45) is 0 Å². The highest BCUT2D eigenvalue weighted by Gasteiger charge is 2.22. The maximum absolute atomic E-state index is 12.1. The van der Waals surface area contributed by atoms with Crippen molar-refractivity contribution in [3.8, 4) is 0 Å². The zero-order valence-corrected chi connectivity index (χ0v) is 13.7. The van der Waals surface area contributed by atoms with Gasteiger partial charge in [0.1, 0.15) is 0 Å². The summed E-state index contributed by atoms with van der Waals surface area (Å²) in [5, 5.41) is 8.55. The molecule has 6 nitrogen and oxygen atoms in total. The molecule has 1 aliphatic heterocycles. The lowest BCUT2D eigenvalue weighted by atomic mass is 10.2. The van der Waals surface area contributed by atoms with Gasteiger partial charge in [-0.3, -0.25) is 4.79 Å². The van der Waals surface area contributed by atoms with Crippen LogP contribution >= 0.6 is 12.4 Å². The molecule has 0 bridgehead atoms. The lowest BCUT2D eigenvalue weighted by Gasteiger charge is -2.34. The first kappa shape index (κ1) is 18.3. The van der Waals surface area contributed by atoms with E-state index in [1.165, 1.54) is 0 Å². The maximum atomic E-state index is 12.1. The fraction of sp³-hybridized carbons (Fsp3) is 0.467. The zero-order chi connectivity index (χ0) is 15.2. The summed E-state index contributed by atoms with van der Waals surface area (Å²) in [7, 11) is 0. The van der Waals surface area contributed by atoms with Crippen molar-refractivity contribution in [1.82, 2.24) is 15.5 Å². The van der Waals surface area contributed by atoms with E-state index < -0.39 is 0 Å². The Morgan fingerprint density at radius 3 is 2.86 bits per heavy atom. The Morgan fingerprint density at radius 2 is 2.18 bits per heavy atom. The third-order valence-electron chi connectivity index (χ3n) is 3.50. The van der Waals surface area contributed by atoms with Crippen LogP contribution in [0.15, 0.2) is 24.3 Å². The Hall–Kier alpha value is -1.79. The van der Waals surface area contributed by atoms with Crippen molar-refractivity contribution in [3.05, 3.63) is 29.8 Å². The molecule has 1 atom stereocenters. The first-order valence-electron chi connectivity index (χ1n) is 7.18. The van der Waals surface area contributed by atoms with Gasteiger partial charge in [0.15, 0.2) is 0 Å². The lowest BCUT2D eigenvalue weighted by Crippen LogP contribution is -2.54. The van der Waals surface area contributed by atoms with Crippen LogP contribution in [0.2, 0.25) is 0 Å². The molecule has 0 radical (unpaired) electrons. The van der Waals surface area contributed by atoms with Crippen LogP contribution in [-0.2, 0) is 4.79 Å². The fourth-order valence-electron chi connectivity index (χ4n) is 2.37. The van der Waals surface area contributed by atoms with Crippen LogP contribution in [0.3, 0.4) is 0 Å². The van der Waals surface area contributed by atoms with Crippen LogP contribution in [-0.4, -0.2) is 49.1 Å². The number of piperazine rings is 1. The minimum Gasteiger partial charge on any atom is -0.336 e. The molecule has 0 unspecified atom stereocenters. The van der Waals surface area contributed by atoms with Gasteiger partial charge in [-0.1, -0.05) is 12.1 Å². The predicted molar refractivity (Wildman–Crippen MR) is 89.5 cm³/mol. The van der Waals surface area contributed by atoms with Gasteiger partial charge in [-0.25, -0.2) is 4.79 Å². The van der Waals surface area contributed by atoms with Crippen molar-refractivity contribution in [1.29, 1.82) is 0 Å². The second-order valence-electron chi connectivity index (χ2n) is 5.32. The molecule has 0 saturated carbocycles. The molecular weight excluding hydrogens is 304 g/mol. The van der Waals surface area contributed by atoms with Gasteiger partial charge in [0.05, 0.1) is 6.54 Å². The van der Waals surface area contributed by atoms with Crippen LogP contribution < -0.4 is 16.0 Å². The number of urea groups is 1. The van der Waals surface area contributed by atoms with Gasteiger partial charge in [-0.05, 0) is 31.5 Å². The van der Waals surface area contributed by atoms with E-state index in [1.807, 2.05) is 38.1 Å². The molecule has 122 valence electrons. The molecule has 1 aromatic carbocycles. The smallest absolute Gasteiger partial charge is 0.319 e. The van der Waals surface area contributed by atoms with Crippen LogP contribution in [0.5, 0.6) is 0 Å². The molecule has 1 heterocycles. The van der Waals surface area contributed by atoms with Gasteiger partial charge in [-0.15, -0.1) is 12.4 Å². The van der Waals surface area contributed by atoms with E-state index in [-0.39, 0.29) is 36.9 Å². The van der Waals surface area contributed by atoms with E-state index in [1.54, 1.807) is 4.90 Å². The highest BCUT2D eigenvalue weighted by molar-refractivity contribution is 5.92. The number of benzene rings is 1. The fourth-order valence-corrected chi connectivity index (χ4v) is 2.37. The number of amides is 3. The molecule has 1 aliphatic rings. The van der Waals surface area contributed by atoms with Crippen molar-refractivity contribution < 1.29 is 9.59 Å². The second kappa shape index (κ2) is 8.60. The summed E-state index contributed by atoms with van der Waals surface area (Å²) in [6, 6.07) is 7.31. The first-order chi connectivity index (χ1) is 10.1. The summed E-state index contributed by atoms with van der Waals surface area (Å²) >= 11 is 0. The van der Waals surface area contributed by atoms with Crippen LogP contribution in [0, 0.1) is 6.92 Å². The summed E-state index contributed by atoms with van der Waals surface area (Å²) < 4.78 is 0. The molecule has 7 heteroatoms. The molecule has 3 amide bonds. The number of anilines is 1. The Labute approximate surface area is 137 Å². The molecule has 1 saturated heterocycles. The summed E-state index contributed by atoms with van der Waals surface area (Å²) in [5.74, 6) is -0.0524. The van der Waals surface area contributed by atoms with Crippen molar-refractivity contribution in [2.75, 3.05) is 31.5 Å². The first-order valence-corrected chi connectivity index (χ1v) is 7.18.